The van der Waals surface area contributed by atoms with Gasteiger partial charge in [-0.2, -0.15) is 0 Å². The number of amides is 1. The summed E-state index contributed by atoms with van der Waals surface area (Å²) in [5.74, 6) is 0. The number of piperidine rings is 1. The van der Waals surface area contributed by atoms with Gasteiger partial charge in [0.1, 0.15) is 5.67 Å². The Kier molecular flexibility index (Phi) is 3.69. The second-order valence-electron chi connectivity index (χ2n) is 3.79. The number of carboxylic acid groups (broad SMARTS) is 1. The SMILES string of the molecule is O=C(O)N1CCCC(F)(CCCO)C1. The minimum Gasteiger partial charge on any atom is -0.465 e. The maximum absolute atomic E-state index is 14.0. The number of alkyl halides is 1. The molecule has 0 aromatic heterocycles. The summed E-state index contributed by atoms with van der Waals surface area (Å²) in [6.07, 6.45) is 0.540. The predicted octanol–water partition coefficient (Wildman–Crippen LogP) is 1.24. The average Bonchev–Trinajstić information content (AvgIpc) is 2.15. The maximum Gasteiger partial charge on any atom is 0.407 e. The second-order valence-corrected chi connectivity index (χ2v) is 3.79. The lowest BCUT2D eigenvalue weighted by Gasteiger charge is -2.35. The highest BCUT2D eigenvalue weighted by Gasteiger charge is 2.36. The summed E-state index contributed by atoms with van der Waals surface area (Å²) in [5.41, 5.74) is -1.43. The highest BCUT2D eigenvalue weighted by molar-refractivity contribution is 5.65. The van der Waals surface area contributed by atoms with Gasteiger partial charge in [-0.1, -0.05) is 0 Å². The number of halogens is 1. The van der Waals surface area contributed by atoms with E-state index in [0.717, 1.165) is 4.90 Å². The van der Waals surface area contributed by atoms with E-state index in [2.05, 4.69) is 0 Å². The molecule has 4 nitrogen and oxygen atoms in total. The van der Waals surface area contributed by atoms with Crippen molar-refractivity contribution < 1.29 is 19.4 Å². The molecule has 1 fully saturated rings. The van der Waals surface area contributed by atoms with Crippen molar-refractivity contribution >= 4 is 6.09 Å². The third-order valence-electron chi connectivity index (χ3n) is 2.58. The van der Waals surface area contributed by atoms with Crippen LogP contribution < -0.4 is 0 Å². The predicted molar refractivity (Wildman–Crippen MR) is 49.0 cm³/mol. The molecule has 0 radical (unpaired) electrons. The molecule has 1 rings (SSSR count). The van der Waals surface area contributed by atoms with Crippen LogP contribution in [0, 0.1) is 0 Å². The molecule has 0 aliphatic carbocycles. The number of rotatable bonds is 3. The third kappa shape index (κ3) is 2.83. The van der Waals surface area contributed by atoms with Crippen LogP contribution in [0.3, 0.4) is 0 Å². The molecule has 1 aliphatic heterocycles. The summed E-state index contributed by atoms with van der Waals surface area (Å²) < 4.78 is 14.0. The fraction of sp³-hybridized carbons (Fsp3) is 0.889. The Bertz CT molecular complexity index is 212. The summed E-state index contributed by atoms with van der Waals surface area (Å²) >= 11 is 0. The molecule has 1 unspecified atom stereocenters. The molecule has 1 amide bonds. The lowest BCUT2D eigenvalue weighted by Crippen LogP contribution is -2.47. The first-order valence-corrected chi connectivity index (χ1v) is 4.85. The Morgan fingerprint density at radius 2 is 2.29 bits per heavy atom. The Morgan fingerprint density at radius 3 is 2.86 bits per heavy atom. The summed E-state index contributed by atoms with van der Waals surface area (Å²) in [6, 6.07) is 0. The number of likely N-dealkylation sites (tertiary alicyclic amines) is 1. The van der Waals surface area contributed by atoms with Crippen molar-refractivity contribution in [2.45, 2.75) is 31.4 Å². The molecule has 1 heterocycles. The van der Waals surface area contributed by atoms with Crippen molar-refractivity contribution in [3.8, 4) is 0 Å². The minimum atomic E-state index is -1.43. The molecule has 1 atom stereocenters. The monoisotopic (exact) mass is 205 g/mol. The molecular formula is C9H16FNO3. The van der Waals surface area contributed by atoms with Gasteiger partial charge in [-0.15, -0.1) is 0 Å². The lowest BCUT2D eigenvalue weighted by molar-refractivity contribution is 0.0346. The maximum atomic E-state index is 14.0. The van der Waals surface area contributed by atoms with Gasteiger partial charge in [0.15, 0.2) is 0 Å². The van der Waals surface area contributed by atoms with Gasteiger partial charge < -0.3 is 15.1 Å². The minimum absolute atomic E-state index is 0.0429. The number of carbonyl (C=O) groups is 1. The zero-order chi connectivity index (χ0) is 10.6. The molecular weight excluding hydrogens is 189 g/mol. The van der Waals surface area contributed by atoms with Crippen LogP contribution in [0.4, 0.5) is 9.18 Å². The molecule has 82 valence electrons. The molecule has 1 saturated heterocycles. The third-order valence-corrected chi connectivity index (χ3v) is 2.58. The van der Waals surface area contributed by atoms with Crippen molar-refractivity contribution in [2.75, 3.05) is 19.7 Å². The number of aliphatic hydroxyl groups is 1. The zero-order valence-corrected chi connectivity index (χ0v) is 8.08. The van der Waals surface area contributed by atoms with Crippen LogP contribution in [0.2, 0.25) is 0 Å². The van der Waals surface area contributed by atoms with E-state index in [1.165, 1.54) is 0 Å². The first-order chi connectivity index (χ1) is 6.57. The highest BCUT2D eigenvalue weighted by atomic mass is 19.1. The average molecular weight is 205 g/mol. The van der Waals surface area contributed by atoms with Gasteiger partial charge in [-0.25, -0.2) is 9.18 Å². The van der Waals surface area contributed by atoms with E-state index in [4.69, 9.17) is 10.2 Å². The van der Waals surface area contributed by atoms with Crippen LogP contribution in [0.15, 0.2) is 0 Å². The van der Waals surface area contributed by atoms with Crippen molar-refractivity contribution in [1.29, 1.82) is 0 Å². The van der Waals surface area contributed by atoms with Crippen molar-refractivity contribution in [3.05, 3.63) is 0 Å². The molecule has 1 aliphatic rings. The standard InChI is InChI=1S/C9H16FNO3/c10-9(4-2-6-12)3-1-5-11(7-9)8(13)14/h12H,1-7H2,(H,13,14). The van der Waals surface area contributed by atoms with Crippen molar-refractivity contribution in [1.82, 2.24) is 4.90 Å². The number of hydrogen-bond acceptors (Lipinski definition) is 2. The number of aliphatic hydroxyl groups excluding tert-OH is 1. The summed E-state index contributed by atoms with van der Waals surface area (Å²) in [6.45, 7) is 0.321. The Morgan fingerprint density at radius 1 is 1.57 bits per heavy atom. The van der Waals surface area contributed by atoms with Crippen LogP contribution in [0.5, 0.6) is 0 Å². The Hall–Kier alpha value is -0.840. The Labute approximate surface area is 82.3 Å². The summed E-state index contributed by atoms with van der Waals surface area (Å²) in [7, 11) is 0. The fourth-order valence-electron chi connectivity index (χ4n) is 1.85. The molecule has 0 saturated carbocycles. The quantitative estimate of drug-likeness (QED) is 0.728. The van der Waals surface area contributed by atoms with E-state index in [1.807, 2.05) is 0 Å². The molecule has 5 heteroatoms. The topological polar surface area (TPSA) is 60.8 Å². The van der Waals surface area contributed by atoms with E-state index in [1.54, 1.807) is 0 Å². The van der Waals surface area contributed by atoms with E-state index in [-0.39, 0.29) is 19.6 Å². The van der Waals surface area contributed by atoms with Crippen LogP contribution in [0.1, 0.15) is 25.7 Å². The van der Waals surface area contributed by atoms with E-state index in [0.29, 0.717) is 25.8 Å². The van der Waals surface area contributed by atoms with Gasteiger partial charge in [-0.3, -0.25) is 0 Å². The van der Waals surface area contributed by atoms with Crippen molar-refractivity contribution in [2.24, 2.45) is 0 Å². The highest BCUT2D eigenvalue weighted by Crippen LogP contribution is 2.29. The molecule has 0 aromatic rings. The molecule has 0 spiro atoms. The van der Waals surface area contributed by atoms with Crippen molar-refractivity contribution in [3.63, 3.8) is 0 Å². The molecule has 0 bridgehead atoms. The number of nitrogens with zero attached hydrogens (tertiary/aromatic N) is 1. The molecule has 14 heavy (non-hydrogen) atoms. The van der Waals surface area contributed by atoms with Gasteiger partial charge in [0.2, 0.25) is 0 Å². The van der Waals surface area contributed by atoms with Gasteiger partial charge in [0.05, 0.1) is 6.54 Å². The fourth-order valence-corrected chi connectivity index (χ4v) is 1.85. The van der Waals surface area contributed by atoms with Gasteiger partial charge in [-0.05, 0) is 25.7 Å². The van der Waals surface area contributed by atoms with Crippen LogP contribution in [-0.4, -0.2) is 46.6 Å². The molecule has 2 N–H and O–H groups in total. The second kappa shape index (κ2) is 4.59. The smallest absolute Gasteiger partial charge is 0.407 e. The number of hydrogen-bond donors (Lipinski definition) is 2. The summed E-state index contributed by atoms with van der Waals surface area (Å²) in [4.78, 5) is 11.7. The van der Waals surface area contributed by atoms with E-state index in [9.17, 15) is 9.18 Å². The van der Waals surface area contributed by atoms with Crippen LogP contribution in [-0.2, 0) is 0 Å². The molecule has 0 aromatic carbocycles. The summed E-state index contributed by atoms with van der Waals surface area (Å²) in [5, 5.41) is 17.3. The van der Waals surface area contributed by atoms with Gasteiger partial charge in [0.25, 0.3) is 0 Å². The first kappa shape index (κ1) is 11.2. The van der Waals surface area contributed by atoms with Gasteiger partial charge in [0, 0.05) is 13.2 Å². The van der Waals surface area contributed by atoms with E-state index < -0.39 is 11.8 Å². The van der Waals surface area contributed by atoms with Gasteiger partial charge >= 0.3 is 6.09 Å². The van der Waals surface area contributed by atoms with Crippen LogP contribution >= 0.6 is 0 Å². The van der Waals surface area contributed by atoms with Crippen LogP contribution in [0.25, 0.3) is 0 Å². The van der Waals surface area contributed by atoms with E-state index >= 15 is 0 Å². The Balaban J connectivity index is 2.48. The lowest BCUT2D eigenvalue weighted by atomic mass is 9.90. The largest absolute Gasteiger partial charge is 0.465 e. The zero-order valence-electron chi connectivity index (χ0n) is 8.08. The normalized spacial score (nSPS) is 27.7. The first-order valence-electron chi connectivity index (χ1n) is 4.85.